The molecule has 35 heavy (non-hydrogen) atoms. The number of nitrogens with zero attached hydrogens (tertiary/aromatic N) is 3. The summed E-state index contributed by atoms with van der Waals surface area (Å²) in [5.41, 5.74) is 9.47. The van der Waals surface area contributed by atoms with Crippen LogP contribution in [0.15, 0.2) is 54.4 Å². The standard InChI is InChI=1S/C28H31FN4O2/c1-2-3-12-27-17-19-18-32-33(22-8-6-21(29)7-9-22)25(19)16-20(27)10-13-28(27,35)14-11-24-23(26(30)34)5-4-15-31-24/h4-9,15-16,18,35H,2-3,10-14,17H2,1H3,(H2,30,34)/t27-,28+/m0/s1. The average Bonchev–Trinajstić information content (AvgIpc) is 3.39. The molecule has 2 atom stereocenters. The molecule has 2 aliphatic rings. The van der Waals surface area contributed by atoms with Gasteiger partial charge in [0.15, 0.2) is 0 Å². The summed E-state index contributed by atoms with van der Waals surface area (Å²) >= 11 is 0. The van der Waals surface area contributed by atoms with E-state index in [1.54, 1.807) is 30.5 Å². The fraction of sp³-hybridized carbons (Fsp3) is 0.393. The summed E-state index contributed by atoms with van der Waals surface area (Å²) in [6.45, 7) is 2.17. The van der Waals surface area contributed by atoms with Crippen molar-refractivity contribution in [3.05, 3.63) is 82.7 Å². The second-order valence-electron chi connectivity index (χ2n) is 9.87. The Morgan fingerprint density at radius 1 is 1.23 bits per heavy atom. The van der Waals surface area contributed by atoms with Gasteiger partial charge in [0.25, 0.3) is 5.91 Å². The zero-order chi connectivity index (χ0) is 24.6. The number of pyridine rings is 1. The monoisotopic (exact) mass is 474 g/mol. The number of aromatic nitrogens is 3. The van der Waals surface area contributed by atoms with E-state index >= 15 is 0 Å². The molecule has 0 radical (unpaired) electrons. The van der Waals surface area contributed by atoms with Crippen molar-refractivity contribution in [2.75, 3.05) is 0 Å². The molecule has 2 heterocycles. The number of hydrogen-bond donors (Lipinski definition) is 2. The van der Waals surface area contributed by atoms with Gasteiger partial charge in [0.2, 0.25) is 0 Å². The molecule has 7 heteroatoms. The van der Waals surface area contributed by atoms with Crippen LogP contribution >= 0.6 is 0 Å². The van der Waals surface area contributed by atoms with Gasteiger partial charge in [-0.15, -0.1) is 0 Å². The highest BCUT2D eigenvalue weighted by Gasteiger charge is 2.57. The molecule has 0 spiro atoms. The number of aliphatic hydroxyl groups is 1. The third-order valence-electron chi connectivity index (χ3n) is 7.96. The molecular weight excluding hydrogens is 443 g/mol. The Balaban J connectivity index is 1.49. The van der Waals surface area contributed by atoms with E-state index in [0.29, 0.717) is 36.9 Å². The number of primary amides is 1. The quantitative estimate of drug-likeness (QED) is 0.491. The number of aryl methyl sites for hydroxylation is 1. The van der Waals surface area contributed by atoms with Crippen LogP contribution in [-0.2, 0) is 12.8 Å². The topological polar surface area (TPSA) is 94.0 Å². The van der Waals surface area contributed by atoms with Gasteiger partial charge >= 0.3 is 0 Å². The van der Waals surface area contributed by atoms with Gasteiger partial charge in [-0.3, -0.25) is 9.78 Å². The van der Waals surface area contributed by atoms with E-state index in [9.17, 15) is 14.3 Å². The third kappa shape index (κ3) is 3.97. The minimum Gasteiger partial charge on any atom is -0.389 e. The highest BCUT2D eigenvalue weighted by Crippen LogP contribution is 2.59. The van der Waals surface area contributed by atoms with E-state index in [0.717, 1.165) is 42.6 Å². The number of unbranched alkanes of at least 4 members (excludes halogenated alkanes) is 1. The van der Waals surface area contributed by atoms with E-state index in [1.165, 1.54) is 17.7 Å². The normalized spacial score (nSPS) is 23.0. The molecule has 1 amide bonds. The molecule has 3 N–H and O–H groups in total. The first kappa shape index (κ1) is 23.4. The van der Waals surface area contributed by atoms with Gasteiger partial charge in [0.1, 0.15) is 5.82 Å². The first-order valence-electron chi connectivity index (χ1n) is 12.4. The van der Waals surface area contributed by atoms with Crippen molar-refractivity contribution in [1.29, 1.82) is 0 Å². The lowest BCUT2D eigenvalue weighted by Crippen LogP contribution is -2.47. The minimum absolute atomic E-state index is 0.278. The molecule has 182 valence electrons. The SMILES string of the molecule is CCCC[C@]12Cc3cnn(-c4ccc(F)cc4)c3C=C1CC[C@@]2(O)CCc1ncccc1C(N)=O. The number of carbonyl (C=O) groups is 1. The minimum atomic E-state index is -0.921. The number of hydrogen-bond acceptors (Lipinski definition) is 4. The fourth-order valence-corrected chi connectivity index (χ4v) is 6.08. The van der Waals surface area contributed by atoms with Gasteiger partial charge in [0, 0.05) is 11.6 Å². The van der Waals surface area contributed by atoms with Gasteiger partial charge < -0.3 is 10.8 Å². The predicted octanol–water partition coefficient (Wildman–Crippen LogP) is 4.78. The van der Waals surface area contributed by atoms with Gasteiger partial charge in [-0.25, -0.2) is 9.07 Å². The number of rotatable bonds is 8. The fourth-order valence-electron chi connectivity index (χ4n) is 6.08. The van der Waals surface area contributed by atoms with Crippen LogP contribution in [0.4, 0.5) is 4.39 Å². The van der Waals surface area contributed by atoms with Crippen molar-refractivity contribution in [2.24, 2.45) is 11.1 Å². The Labute approximate surface area is 204 Å². The lowest BCUT2D eigenvalue weighted by molar-refractivity contribution is -0.0600. The van der Waals surface area contributed by atoms with Crippen LogP contribution in [0.1, 0.15) is 72.8 Å². The highest BCUT2D eigenvalue weighted by atomic mass is 19.1. The zero-order valence-corrected chi connectivity index (χ0v) is 20.0. The summed E-state index contributed by atoms with van der Waals surface area (Å²) in [6, 6.07) is 9.74. The first-order chi connectivity index (χ1) is 16.9. The summed E-state index contributed by atoms with van der Waals surface area (Å²) < 4.78 is 15.3. The number of halogens is 1. The lowest BCUT2D eigenvalue weighted by atomic mass is 9.62. The van der Waals surface area contributed by atoms with Crippen molar-refractivity contribution in [3.8, 4) is 5.69 Å². The molecule has 0 saturated heterocycles. The molecule has 5 rings (SSSR count). The van der Waals surface area contributed by atoms with E-state index in [4.69, 9.17) is 5.73 Å². The van der Waals surface area contributed by atoms with E-state index < -0.39 is 11.5 Å². The first-order valence-corrected chi connectivity index (χ1v) is 12.4. The van der Waals surface area contributed by atoms with Crippen molar-refractivity contribution in [1.82, 2.24) is 14.8 Å². The summed E-state index contributed by atoms with van der Waals surface area (Å²) in [4.78, 5) is 16.3. The van der Waals surface area contributed by atoms with Crippen molar-refractivity contribution in [2.45, 2.75) is 63.9 Å². The van der Waals surface area contributed by atoms with Gasteiger partial charge in [0.05, 0.1) is 34.4 Å². The van der Waals surface area contributed by atoms with Crippen LogP contribution in [-0.4, -0.2) is 31.4 Å². The number of fused-ring (bicyclic) bond motifs is 2. The summed E-state index contributed by atoms with van der Waals surface area (Å²) in [6.07, 6.45) is 11.8. The molecule has 2 aliphatic carbocycles. The average molecular weight is 475 g/mol. The number of carbonyl (C=O) groups excluding carboxylic acids is 1. The molecule has 2 aromatic heterocycles. The summed E-state index contributed by atoms with van der Waals surface area (Å²) in [5.74, 6) is -0.775. The largest absolute Gasteiger partial charge is 0.389 e. The molecule has 3 aromatic rings. The van der Waals surface area contributed by atoms with Crippen LogP contribution in [0.3, 0.4) is 0 Å². The Morgan fingerprint density at radius 3 is 2.77 bits per heavy atom. The van der Waals surface area contributed by atoms with E-state index in [-0.39, 0.29) is 11.2 Å². The van der Waals surface area contributed by atoms with Crippen molar-refractivity contribution in [3.63, 3.8) is 0 Å². The number of nitrogens with two attached hydrogens (primary N) is 1. The van der Waals surface area contributed by atoms with Gasteiger partial charge in [-0.2, -0.15) is 5.10 Å². The third-order valence-corrected chi connectivity index (χ3v) is 7.96. The second kappa shape index (κ2) is 9.04. The van der Waals surface area contributed by atoms with Gasteiger partial charge in [-0.1, -0.05) is 25.3 Å². The smallest absolute Gasteiger partial charge is 0.250 e. The second-order valence-corrected chi connectivity index (χ2v) is 9.87. The molecule has 1 aromatic carbocycles. The summed E-state index contributed by atoms with van der Waals surface area (Å²) in [7, 11) is 0. The zero-order valence-electron chi connectivity index (χ0n) is 20.0. The number of benzene rings is 1. The molecule has 0 bridgehead atoms. The van der Waals surface area contributed by atoms with E-state index in [1.807, 2.05) is 10.9 Å². The highest BCUT2D eigenvalue weighted by molar-refractivity contribution is 5.93. The Kier molecular flexibility index (Phi) is 6.05. The lowest BCUT2D eigenvalue weighted by Gasteiger charge is -2.45. The number of amides is 1. The molecule has 0 aliphatic heterocycles. The Bertz CT molecular complexity index is 1280. The predicted molar refractivity (Wildman–Crippen MR) is 132 cm³/mol. The molecule has 1 fully saturated rings. The van der Waals surface area contributed by atoms with Crippen molar-refractivity contribution < 1.29 is 14.3 Å². The van der Waals surface area contributed by atoms with Gasteiger partial charge in [-0.05, 0) is 86.6 Å². The van der Waals surface area contributed by atoms with E-state index in [2.05, 4.69) is 23.1 Å². The molecule has 6 nitrogen and oxygen atoms in total. The van der Waals surface area contributed by atoms with Crippen LogP contribution < -0.4 is 5.73 Å². The molecule has 1 saturated carbocycles. The van der Waals surface area contributed by atoms with Crippen LogP contribution in [0.5, 0.6) is 0 Å². The van der Waals surface area contributed by atoms with Crippen molar-refractivity contribution >= 4 is 12.0 Å². The molecule has 0 unspecified atom stereocenters. The maximum Gasteiger partial charge on any atom is 0.250 e. The van der Waals surface area contributed by atoms with Crippen LogP contribution in [0.2, 0.25) is 0 Å². The maximum atomic E-state index is 13.5. The Hall–Kier alpha value is -3.32. The Morgan fingerprint density at radius 2 is 2.03 bits per heavy atom. The summed E-state index contributed by atoms with van der Waals surface area (Å²) in [5, 5.41) is 16.8. The van der Waals surface area contributed by atoms with Crippen LogP contribution in [0, 0.1) is 11.2 Å². The van der Waals surface area contributed by atoms with Crippen LogP contribution in [0.25, 0.3) is 11.8 Å². The maximum absolute atomic E-state index is 13.5. The molecular formula is C28H31FN4O2.